The van der Waals surface area contributed by atoms with E-state index in [0.717, 1.165) is 31.6 Å². The summed E-state index contributed by atoms with van der Waals surface area (Å²) in [6.07, 6.45) is 31.4. The van der Waals surface area contributed by atoms with Crippen molar-refractivity contribution < 1.29 is 31.7 Å². The number of aryl methyl sites for hydroxylation is 2. The summed E-state index contributed by atoms with van der Waals surface area (Å²) in [5, 5.41) is 0. The molecule has 0 N–H and O–H groups in total. The fraction of sp³-hybridized carbons (Fsp3) is 0.718. The highest BCUT2D eigenvalue weighted by Gasteiger charge is 2.25. The van der Waals surface area contributed by atoms with Gasteiger partial charge in [0.05, 0.1) is 18.1 Å². The molecule has 7 nitrogen and oxygen atoms in total. The summed E-state index contributed by atoms with van der Waals surface area (Å²) in [5.41, 5.74) is 0.928. The van der Waals surface area contributed by atoms with Crippen molar-refractivity contribution in [1.29, 1.82) is 0 Å². The van der Waals surface area contributed by atoms with Crippen LogP contribution in [0.2, 0.25) is 0 Å². The Kier molecular flexibility index (Phi) is 23.8. The van der Waals surface area contributed by atoms with Gasteiger partial charge in [-0.05, 0) is 44.7 Å². The van der Waals surface area contributed by atoms with Gasteiger partial charge in [-0.25, -0.2) is 13.0 Å². The van der Waals surface area contributed by atoms with Gasteiger partial charge in [0.2, 0.25) is 0 Å². The fourth-order valence-corrected chi connectivity index (χ4v) is 6.25. The summed E-state index contributed by atoms with van der Waals surface area (Å²) in [6.45, 7) is 7.42. The lowest BCUT2D eigenvalue weighted by atomic mass is 10.0. The Morgan fingerprint density at radius 3 is 1.85 bits per heavy atom. The summed E-state index contributed by atoms with van der Waals surface area (Å²) < 4.78 is 51.1. The molecule has 2 aromatic rings. The lowest BCUT2D eigenvalue weighted by molar-refractivity contribution is -0.697. The molecule has 268 valence electrons. The number of aromatic nitrogens is 1. The van der Waals surface area contributed by atoms with Gasteiger partial charge in [0.15, 0.2) is 18.7 Å². The molecule has 0 aliphatic carbocycles. The Morgan fingerprint density at radius 2 is 1.28 bits per heavy atom. The topological polar surface area (TPSA) is 88.8 Å². The Morgan fingerprint density at radius 1 is 0.745 bits per heavy atom. The van der Waals surface area contributed by atoms with E-state index in [9.17, 15) is 13.0 Å². The van der Waals surface area contributed by atoms with Crippen LogP contribution in [-0.2, 0) is 30.9 Å². The van der Waals surface area contributed by atoms with Gasteiger partial charge in [-0.15, -0.1) is 0 Å². The number of benzene rings is 1. The molecular weight excluding hydrogens is 610 g/mol. The van der Waals surface area contributed by atoms with Gasteiger partial charge in [-0.1, -0.05) is 127 Å². The lowest BCUT2D eigenvalue weighted by Crippen LogP contribution is -2.32. The number of ether oxygens (including phenoxy) is 3. The first kappa shape index (κ1) is 41.3. The van der Waals surface area contributed by atoms with E-state index in [1.54, 1.807) is 12.1 Å². The maximum absolute atomic E-state index is 10.4. The van der Waals surface area contributed by atoms with Gasteiger partial charge in [0, 0.05) is 25.2 Å². The zero-order valence-corrected chi connectivity index (χ0v) is 30.4. The second-order valence-corrected chi connectivity index (χ2v) is 14.5. The smallest absolute Gasteiger partial charge is 0.168 e. The first-order valence-corrected chi connectivity index (χ1v) is 20.1. The van der Waals surface area contributed by atoms with E-state index in [4.69, 9.17) is 14.2 Å². The normalized spacial score (nSPS) is 16.2. The van der Waals surface area contributed by atoms with Gasteiger partial charge in [-0.2, -0.15) is 0 Å². The van der Waals surface area contributed by atoms with Crippen LogP contribution in [0.5, 0.6) is 0 Å². The third-order valence-corrected chi connectivity index (χ3v) is 9.55. The number of nitrogens with zero attached hydrogens (tertiary/aromatic N) is 1. The van der Waals surface area contributed by atoms with Gasteiger partial charge in [0.25, 0.3) is 0 Å². The minimum atomic E-state index is -4.27. The Balaban J connectivity index is 0.000000587. The van der Waals surface area contributed by atoms with E-state index in [2.05, 4.69) is 42.1 Å². The number of rotatable bonds is 26. The highest BCUT2D eigenvalue weighted by molar-refractivity contribution is 7.85. The van der Waals surface area contributed by atoms with Crippen LogP contribution >= 0.6 is 0 Å². The molecule has 0 saturated carbocycles. The molecular formula is C39H65NO6S. The largest absolute Gasteiger partial charge is 0.744 e. The molecule has 1 saturated heterocycles. The van der Waals surface area contributed by atoms with Crippen molar-refractivity contribution in [2.45, 2.75) is 166 Å². The number of hydrogen-bond acceptors (Lipinski definition) is 6. The van der Waals surface area contributed by atoms with Crippen LogP contribution in [0, 0.1) is 6.92 Å². The van der Waals surface area contributed by atoms with Crippen LogP contribution in [0.1, 0.15) is 141 Å². The van der Waals surface area contributed by atoms with Gasteiger partial charge in [-0.3, -0.25) is 0 Å². The lowest BCUT2D eigenvalue weighted by Gasteiger charge is -2.12. The van der Waals surface area contributed by atoms with Crippen molar-refractivity contribution >= 4 is 10.1 Å². The zero-order valence-electron chi connectivity index (χ0n) is 29.6. The molecule has 0 bridgehead atoms. The number of unbranched alkanes of at least 4 members (excludes halogenated alkanes) is 17. The Bertz CT molecular complexity index is 1100. The molecule has 1 aromatic carbocycles. The highest BCUT2D eigenvalue weighted by Crippen LogP contribution is 2.19. The standard InChI is InChI=1S/C32H58NO3.C7H8O3S/c1-2-3-4-5-6-7-8-9-10-11-12-13-14-15-19-24-32-35-30-31(36-32)29-34-28-23-17-16-20-25-33-26-21-18-22-27-33;1-6-2-4-7(5-3-6)11(8,9)10/h18,21-22,26-27,31-32H,2-17,19-20,23-25,28-30H2,1H3;2-5H,1H3,(H,8,9,10)/q+1;/p-1/t31-,32-;/m0./s1. The second-order valence-electron chi connectivity index (χ2n) is 13.1. The predicted molar refractivity (Wildman–Crippen MR) is 189 cm³/mol. The van der Waals surface area contributed by atoms with Crippen LogP contribution < -0.4 is 4.57 Å². The van der Waals surface area contributed by atoms with Crippen LogP contribution in [0.3, 0.4) is 0 Å². The van der Waals surface area contributed by atoms with Crippen molar-refractivity contribution in [3.63, 3.8) is 0 Å². The summed E-state index contributed by atoms with van der Waals surface area (Å²) in [7, 11) is -4.27. The minimum Gasteiger partial charge on any atom is -0.744 e. The summed E-state index contributed by atoms with van der Waals surface area (Å²) in [5.74, 6) is 0. The molecule has 0 amide bonds. The molecule has 1 aliphatic rings. The number of pyridine rings is 1. The molecule has 0 spiro atoms. The van der Waals surface area contributed by atoms with E-state index in [1.807, 2.05) is 6.92 Å². The highest BCUT2D eigenvalue weighted by atomic mass is 32.2. The predicted octanol–water partition coefficient (Wildman–Crippen LogP) is 9.45. The molecule has 8 heteroatoms. The third-order valence-electron chi connectivity index (χ3n) is 8.70. The molecule has 0 unspecified atom stereocenters. The van der Waals surface area contributed by atoms with Crippen LogP contribution in [0.4, 0.5) is 0 Å². The van der Waals surface area contributed by atoms with Crippen molar-refractivity contribution in [2.75, 3.05) is 19.8 Å². The van der Waals surface area contributed by atoms with E-state index in [0.29, 0.717) is 13.2 Å². The third kappa shape index (κ3) is 22.4. The van der Waals surface area contributed by atoms with Crippen molar-refractivity contribution in [3.8, 4) is 0 Å². The van der Waals surface area contributed by atoms with Crippen molar-refractivity contribution in [2.24, 2.45) is 0 Å². The first-order valence-electron chi connectivity index (χ1n) is 18.7. The van der Waals surface area contributed by atoms with Crippen LogP contribution in [-0.4, -0.2) is 45.2 Å². The van der Waals surface area contributed by atoms with E-state index in [-0.39, 0.29) is 17.3 Å². The molecule has 2 heterocycles. The molecule has 1 aromatic heterocycles. The Hall–Kier alpha value is -1.84. The summed E-state index contributed by atoms with van der Waals surface area (Å²) in [4.78, 5) is -0.178. The molecule has 1 fully saturated rings. The van der Waals surface area contributed by atoms with Crippen molar-refractivity contribution in [1.82, 2.24) is 0 Å². The van der Waals surface area contributed by atoms with Gasteiger partial charge >= 0.3 is 0 Å². The summed E-state index contributed by atoms with van der Waals surface area (Å²) in [6, 6.07) is 12.0. The minimum absolute atomic E-state index is 0.00365. The molecule has 47 heavy (non-hydrogen) atoms. The second kappa shape index (κ2) is 27.0. The average molecular weight is 676 g/mol. The maximum atomic E-state index is 10.4. The number of hydrogen-bond donors (Lipinski definition) is 0. The van der Waals surface area contributed by atoms with Crippen LogP contribution in [0.25, 0.3) is 0 Å². The van der Waals surface area contributed by atoms with Gasteiger partial charge < -0.3 is 18.8 Å². The first-order chi connectivity index (χ1) is 22.9. The molecule has 3 rings (SSSR count). The monoisotopic (exact) mass is 675 g/mol. The van der Waals surface area contributed by atoms with E-state index < -0.39 is 10.1 Å². The maximum Gasteiger partial charge on any atom is 0.168 e. The Labute approximate surface area is 287 Å². The molecule has 1 aliphatic heterocycles. The fourth-order valence-electron chi connectivity index (χ4n) is 5.78. The van der Waals surface area contributed by atoms with E-state index in [1.165, 1.54) is 128 Å². The quantitative estimate of drug-likeness (QED) is 0.0561. The van der Waals surface area contributed by atoms with E-state index >= 15 is 0 Å². The zero-order chi connectivity index (χ0) is 33.8. The summed E-state index contributed by atoms with van der Waals surface area (Å²) >= 11 is 0. The van der Waals surface area contributed by atoms with Crippen LogP contribution in [0.15, 0.2) is 59.8 Å². The molecule has 0 radical (unpaired) electrons. The van der Waals surface area contributed by atoms with Crippen molar-refractivity contribution in [3.05, 3.63) is 60.4 Å². The average Bonchev–Trinajstić information content (AvgIpc) is 3.52. The van der Waals surface area contributed by atoms with Gasteiger partial charge in [0.1, 0.15) is 22.8 Å². The SMILES string of the molecule is CCCCCCCCCCCCCCCCC[C@H]1OC[C@H](COCCCCCC[n+]2ccccc2)O1.Cc1ccc(S(=O)(=O)[O-])cc1. The molecule has 2 atom stereocenters.